The summed E-state index contributed by atoms with van der Waals surface area (Å²) in [6.07, 6.45) is 5.80. The second-order valence-corrected chi connectivity index (χ2v) is 28.3. The van der Waals surface area contributed by atoms with Crippen LogP contribution in [0.4, 0.5) is 0 Å². The van der Waals surface area contributed by atoms with E-state index in [2.05, 4.69) is 109 Å². The van der Waals surface area contributed by atoms with Crippen molar-refractivity contribution in [1.29, 1.82) is 0 Å². The third-order valence-electron chi connectivity index (χ3n) is 7.71. The molecule has 1 fully saturated rings. The van der Waals surface area contributed by atoms with Gasteiger partial charge in [0.05, 0.1) is 100 Å². The maximum absolute atomic E-state index is 11.3. The van der Waals surface area contributed by atoms with E-state index in [9.17, 15) is 19.2 Å². The summed E-state index contributed by atoms with van der Waals surface area (Å²) < 4.78 is 13.0. The van der Waals surface area contributed by atoms with Gasteiger partial charge in [0.2, 0.25) is 5.91 Å². The predicted molar refractivity (Wildman–Crippen MR) is 355 cm³/mol. The summed E-state index contributed by atoms with van der Waals surface area (Å²) in [4.78, 5) is 62.3. The second-order valence-electron chi connectivity index (χ2n) is 13.1. The molecular formula is C44H73AlClLiN10O9P2S11. The van der Waals surface area contributed by atoms with Crippen LogP contribution >= 0.6 is 83.3 Å². The summed E-state index contributed by atoms with van der Waals surface area (Å²) in [6, 6.07) is 0.0653. The molecule has 3 atom stereocenters. The van der Waals surface area contributed by atoms with Gasteiger partial charge in [-0.1, -0.05) is 53.4 Å². The number of carbonyl (C=O) groups is 4. The molecule has 11 N–H and O–H groups in total. The summed E-state index contributed by atoms with van der Waals surface area (Å²) >= 11 is 29.2. The van der Waals surface area contributed by atoms with Gasteiger partial charge in [0, 0.05) is 20.6 Å². The number of rotatable bonds is 17. The Morgan fingerprint density at radius 2 is 1.33 bits per heavy atom. The van der Waals surface area contributed by atoms with Gasteiger partial charge in [-0.15, -0.1) is 61.4 Å². The van der Waals surface area contributed by atoms with Crippen LogP contribution in [0.5, 0.6) is 0 Å². The van der Waals surface area contributed by atoms with Gasteiger partial charge < -0.3 is 49.2 Å². The molecule has 440 valence electrons. The molecular weight excluding hydrogens is 1300 g/mol. The molecule has 0 aromatic carbocycles. The van der Waals surface area contributed by atoms with Crippen molar-refractivity contribution in [3.8, 4) is 0 Å². The summed E-state index contributed by atoms with van der Waals surface area (Å²) in [5, 5.41) is 30.7. The quantitative estimate of drug-likeness (QED) is 0.0112. The average Bonchev–Trinajstić information content (AvgIpc) is 3.60. The molecule has 0 aliphatic carbocycles. The van der Waals surface area contributed by atoms with E-state index in [0.717, 1.165) is 71.4 Å². The normalized spacial score (nSPS) is 11.4. The van der Waals surface area contributed by atoms with Crippen LogP contribution in [0.3, 0.4) is 0 Å². The molecule has 0 radical (unpaired) electrons. The Morgan fingerprint density at radius 3 is 1.66 bits per heavy atom. The third-order valence-corrected chi connectivity index (χ3v) is 23.3. The fourth-order valence-corrected chi connectivity index (χ4v) is 17.4. The van der Waals surface area contributed by atoms with E-state index in [4.69, 9.17) is 48.9 Å². The van der Waals surface area contributed by atoms with Crippen molar-refractivity contribution in [2.24, 2.45) is 27.4 Å². The maximum atomic E-state index is 11.3. The number of carbonyl (C=O) groups excluding carboxylic acids is 4. The first-order chi connectivity index (χ1) is 35.4. The number of aliphatic hydroxyl groups excluding tert-OH is 3. The number of nitrogens with zero attached hydrogens (tertiary/aromatic N) is 6. The molecule has 1 saturated heterocycles. The van der Waals surface area contributed by atoms with Crippen molar-refractivity contribution in [2.45, 2.75) is 101 Å². The number of alkyl halides is 1. The Balaban J connectivity index is -0.000000125. The zero-order valence-electron chi connectivity index (χ0n) is 43.9. The van der Waals surface area contributed by atoms with Crippen LogP contribution in [0.2, 0.25) is 0 Å². The van der Waals surface area contributed by atoms with E-state index < -0.39 is 17.3 Å². The molecule has 5 rings (SSSR count). The average molecular weight is 1370 g/mol. The number of aryl methyl sites for hydroxylation is 4. The second kappa shape index (κ2) is 55.4. The summed E-state index contributed by atoms with van der Waals surface area (Å²) in [7, 11) is 6.83. The van der Waals surface area contributed by atoms with Gasteiger partial charge in [0.25, 0.3) is 0 Å². The van der Waals surface area contributed by atoms with Crippen molar-refractivity contribution >= 4 is 204 Å². The number of primary amides is 1. The monoisotopic (exact) mass is 1370 g/mol. The number of nitrogens with two attached hydrogens (primary N) is 4. The van der Waals surface area contributed by atoms with E-state index >= 15 is 0 Å². The Bertz CT molecular complexity index is 2640. The molecule has 0 saturated carbocycles. The van der Waals surface area contributed by atoms with Gasteiger partial charge in [-0.05, 0) is 123 Å². The Labute approximate surface area is 542 Å². The number of thiocarbonyl (C=S) groups is 1. The first-order valence-electron chi connectivity index (χ1n) is 20.9. The van der Waals surface area contributed by atoms with E-state index in [1.807, 2.05) is 20.8 Å². The fourth-order valence-electron chi connectivity index (χ4n) is 4.02. The molecule has 4 aromatic rings. The van der Waals surface area contributed by atoms with Gasteiger partial charge >= 0.3 is 30.8 Å². The number of ether oxygens (including phenoxy) is 2. The van der Waals surface area contributed by atoms with E-state index in [1.165, 1.54) is 62.9 Å². The van der Waals surface area contributed by atoms with Gasteiger partial charge in [-0.25, -0.2) is 29.5 Å². The minimum atomic E-state index is -1.14. The molecule has 3 unspecified atom stereocenters. The number of aromatic nitrogens is 4. The summed E-state index contributed by atoms with van der Waals surface area (Å²) in [5.41, 5.74) is 23.9. The van der Waals surface area contributed by atoms with Crippen molar-refractivity contribution in [1.82, 2.24) is 24.9 Å². The van der Waals surface area contributed by atoms with Crippen LogP contribution < -0.4 is 41.8 Å². The van der Waals surface area contributed by atoms with Gasteiger partial charge in [0.15, 0.2) is 28.5 Å². The van der Waals surface area contributed by atoms with E-state index in [-0.39, 0.29) is 103 Å². The first-order valence-corrected chi connectivity index (χ1v) is 33.9. The number of halogens is 1. The van der Waals surface area contributed by atoms with Crippen LogP contribution in [0.25, 0.3) is 12.2 Å². The zero-order chi connectivity index (χ0) is 58.2. The molecule has 35 heteroatoms. The molecule has 1 aliphatic heterocycles. The topological polar surface area (TPSA) is 318 Å². The number of ketones is 1. The maximum Gasteiger partial charge on any atom is 1.00 e. The smallest absolute Gasteiger partial charge is 1.00 e. The fraction of sp³-hybridized carbons (Fsp3) is 0.432. The largest absolute Gasteiger partial charge is 1.00 e. The predicted octanol–water partition coefficient (Wildman–Crippen LogP) is 4.48. The van der Waals surface area contributed by atoms with Crippen LogP contribution in [-0.2, 0) is 106 Å². The van der Waals surface area contributed by atoms with E-state index in [1.54, 1.807) is 67.6 Å². The van der Waals surface area contributed by atoms with Crippen molar-refractivity contribution < 1.29 is 64.3 Å². The number of esters is 2. The number of hydrogen-bond acceptors (Lipinski definition) is 24. The van der Waals surface area contributed by atoms with Crippen molar-refractivity contribution in [3.63, 3.8) is 0 Å². The SMILES string of the molecule is C.C.C=CC(N)=O.C=CC(N)=S.C=Cc1nc(C)c(C(=O)OCC)s1.C=Cc1nc(C)c(CO)s1.CCOC(=O)C(Cl)C(C)=O.Cc1nc(C(N)CN)sc1CO.Cc1nc(C2CN2N=S)sc1CO.S=PP=S=S=S=S.[AlH3].[H-].[Li+]. The number of hydrogen-bond donors (Lipinski definition) is 7. The van der Waals surface area contributed by atoms with Gasteiger partial charge in [0.1, 0.15) is 30.9 Å². The first kappa shape index (κ1) is 91.0. The zero-order valence-corrected chi connectivity index (χ0v) is 54.4. The van der Waals surface area contributed by atoms with Crippen LogP contribution in [-0.4, -0.2) is 118 Å². The Hall–Kier alpha value is -1.81. The molecule has 79 heavy (non-hydrogen) atoms. The summed E-state index contributed by atoms with van der Waals surface area (Å²) in [5.74, 6) is -1.84. The summed E-state index contributed by atoms with van der Waals surface area (Å²) in [6.45, 7) is 27.7. The number of thiazole rings is 4. The van der Waals surface area contributed by atoms with E-state index in [0.29, 0.717) is 28.7 Å². The minimum absolute atomic E-state index is 0. The van der Waals surface area contributed by atoms with Crippen molar-refractivity contribution in [3.05, 3.63) is 101 Å². The minimum Gasteiger partial charge on any atom is -1.00 e. The van der Waals surface area contributed by atoms with Gasteiger partial charge in [-0.2, -0.15) is 0 Å². The molecule has 0 spiro atoms. The van der Waals surface area contributed by atoms with Crippen molar-refractivity contribution in [2.75, 3.05) is 26.3 Å². The standard InChI is InChI=1S/C9H11NO2S.C7H9N3OS2.C7H13N3OS.C7H9NOS.C6H9ClO3.C3H5NO.C3H5NS.2CH4.Al.Li.P2S5.4H/c1-4-7-10-6(3)8(13-7)9(11)12-5-2;1-4-6(3-11)13-7(8-4)5-2-10(5)9-12;1-4-6(3-11)12-7(10-4)5(9)2-8;1-3-7-8-5(2)6(4-9)10-7;1-3-10-6(9)5(7)4(2)8;2*1-2-3(4)5;;;;;3-1-2-5-7-6-4;;;;/h4H,1,5H2,2-3H3;5,11H,2-3H2,1H3;5,11H,2-3,8-9H2,1H3;3,9H,1,4H2,2H3;5H,3H2,1-2H3;2*2H,1H2,(H2,4,5);2*1H4;;;;;;;/q;;;;;;;;;;+1;;;;;-1. The Kier molecular flexibility index (Phi) is 63.8. The van der Waals surface area contributed by atoms with Crippen LogP contribution in [0.15, 0.2) is 42.9 Å². The van der Waals surface area contributed by atoms with Crippen LogP contribution in [0, 0.1) is 27.7 Å². The number of aliphatic hydroxyl groups is 3. The molecule has 0 bridgehead atoms. The molecule has 1 amide bonds. The molecule has 1 aliphatic rings. The molecule has 5 heterocycles. The number of amides is 1. The third kappa shape index (κ3) is 41.8. The van der Waals surface area contributed by atoms with Crippen LogP contribution in [0.1, 0.15) is 116 Å². The molecule has 19 nitrogen and oxygen atoms in total. The Morgan fingerprint density at radius 1 is 0.873 bits per heavy atom. The molecule has 4 aromatic heterocycles. The number of Topliss-reactive ketones (excluding diaryl/α,β-unsaturated/α-hetero) is 1. The van der Waals surface area contributed by atoms with Gasteiger partial charge in [-0.3, -0.25) is 14.6 Å².